The Bertz CT molecular complexity index is 1160. The number of ether oxygens (including phenoxy) is 1. The zero-order chi connectivity index (χ0) is 22.6. The van der Waals surface area contributed by atoms with Crippen molar-refractivity contribution in [2.45, 2.75) is 37.1 Å². The van der Waals surface area contributed by atoms with E-state index >= 15 is 0 Å². The van der Waals surface area contributed by atoms with Crippen LogP contribution in [-0.4, -0.2) is 36.2 Å². The van der Waals surface area contributed by atoms with Crippen molar-refractivity contribution in [3.05, 3.63) is 78.6 Å². The van der Waals surface area contributed by atoms with E-state index in [4.69, 9.17) is 4.74 Å². The predicted octanol–water partition coefficient (Wildman–Crippen LogP) is 4.69. The summed E-state index contributed by atoms with van der Waals surface area (Å²) in [5.74, 6) is 0.990. The first kappa shape index (κ1) is 22.0. The van der Waals surface area contributed by atoms with Crippen molar-refractivity contribution >= 4 is 21.6 Å². The third kappa shape index (κ3) is 4.98. The molecular weight excluding hydrogens is 426 g/mol. The van der Waals surface area contributed by atoms with Gasteiger partial charge in [0, 0.05) is 36.2 Å². The van der Waals surface area contributed by atoms with E-state index in [9.17, 15) is 13.2 Å². The Balaban J connectivity index is 1.40. The Morgan fingerprint density at radius 2 is 1.62 bits per heavy atom. The van der Waals surface area contributed by atoms with Crippen LogP contribution in [0.15, 0.2) is 78.0 Å². The van der Waals surface area contributed by atoms with Crippen LogP contribution in [0.25, 0.3) is 0 Å². The van der Waals surface area contributed by atoms with Crippen molar-refractivity contribution in [2.75, 3.05) is 11.9 Å². The molecule has 1 saturated heterocycles. The first-order valence-corrected chi connectivity index (χ1v) is 12.0. The number of carbonyl (C=O) groups excluding carboxylic acids is 1. The molecule has 166 valence electrons. The first-order valence-electron chi connectivity index (χ1n) is 10.5. The molecule has 3 aromatic rings. The van der Waals surface area contributed by atoms with Gasteiger partial charge in [-0.25, -0.2) is 8.42 Å². The molecule has 0 bridgehead atoms. The number of rotatable bonds is 6. The fourth-order valence-electron chi connectivity index (χ4n) is 3.69. The molecule has 1 N–H and O–H groups in total. The second kappa shape index (κ2) is 9.50. The number of benzene rings is 2. The van der Waals surface area contributed by atoms with Crippen LogP contribution in [-0.2, 0) is 10.0 Å². The summed E-state index contributed by atoms with van der Waals surface area (Å²) >= 11 is 0. The lowest BCUT2D eigenvalue weighted by molar-refractivity contribution is 0.102. The van der Waals surface area contributed by atoms with Crippen molar-refractivity contribution in [1.29, 1.82) is 0 Å². The Morgan fingerprint density at radius 1 is 0.969 bits per heavy atom. The SMILES string of the molecule is CC1CCCCN1S(=O)(=O)c1ccc(C(=O)Nc2ccc(Oc3ccncc3)cc2)cc1. The minimum atomic E-state index is -3.56. The normalized spacial score (nSPS) is 17.0. The molecule has 2 aromatic carbocycles. The molecule has 8 heteroatoms. The van der Waals surface area contributed by atoms with Crippen molar-refractivity contribution in [1.82, 2.24) is 9.29 Å². The Morgan fingerprint density at radius 3 is 2.28 bits per heavy atom. The zero-order valence-corrected chi connectivity index (χ0v) is 18.6. The molecule has 0 aliphatic carbocycles. The van der Waals surface area contributed by atoms with E-state index < -0.39 is 10.0 Å². The standard InChI is InChI=1S/C24H25N3O4S/c1-18-4-2-3-17-27(18)32(29,30)23-11-5-19(6-12-23)24(28)26-20-7-9-21(10-8-20)31-22-13-15-25-16-14-22/h5-16,18H,2-4,17H2,1H3,(H,26,28). The van der Waals surface area contributed by atoms with Crippen LogP contribution in [0, 0.1) is 0 Å². The number of amides is 1. The number of nitrogens with one attached hydrogen (secondary N) is 1. The smallest absolute Gasteiger partial charge is 0.255 e. The number of aromatic nitrogens is 1. The van der Waals surface area contributed by atoms with Gasteiger partial charge in [-0.05, 0) is 80.4 Å². The average molecular weight is 452 g/mol. The number of hydrogen-bond acceptors (Lipinski definition) is 5. The van der Waals surface area contributed by atoms with Gasteiger partial charge in [0.15, 0.2) is 0 Å². The molecule has 0 spiro atoms. The Kier molecular flexibility index (Phi) is 6.53. The van der Waals surface area contributed by atoms with Crippen LogP contribution < -0.4 is 10.1 Å². The van der Waals surface area contributed by atoms with Crippen molar-refractivity contribution in [2.24, 2.45) is 0 Å². The van der Waals surface area contributed by atoms with E-state index in [1.165, 1.54) is 24.3 Å². The fourth-order valence-corrected chi connectivity index (χ4v) is 5.39. The maximum atomic E-state index is 12.9. The van der Waals surface area contributed by atoms with Gasteiger partial charge >= 0.3 is 0 Å². The van der Waals surface area contributed by atoms with Crippen LogP contribution in [0.3, 0.4) is 0 Å². The summed E-state index contributed by atoms with van der Waals surface area (Å²) in [6, 6.07) is 16.6. The van der Waals surface area contributed by atoms with Gasteiger partial charge < -0.3 is 10.1 Å². The highest BCUT2D eigenvalue weighted by atomic mass is 32.2. The van der Waals surface area contributed by atoms with Gasteiger partial charge in [-0.2, -0.15) is 4.31 Å². The van der Waals surface area contributed by atoms with Crippen LogP contribution in [0.2, 0.25) is 0 Å². The molecule has 0 saturated carbocycles. The summed E-state index contributed by atoms with van der Waals surface area (Å²) in [4.78, 5) is 16.7. The second-order valence-electron chi connectivity index (χ2n) is 7.75. The number of carbonyl (C=O) groups is 1. The van der Waals surface area contributed by atoms with Crippen LogP contribution >= 0.6 is 0 Å². The van der Waals surface area contributed by atoms with Crippen LogP contribution in [0.5, 0.6) is 11.5 Å². The summed E-state index contributed by atoms with van der Waals surface area (Å²) < 4.78 is 33.2. The summed E-state index contributed by atoms with van der Waals surface area (Å²) in [5.41, 5.74) is 0.990. The van der Waals surface area contributed by atoms with E-state index in [0.717, 1.165) is 19.3 Å². The molecule has 1 atom stereocenters. The van der Waals surface area contributed by atoms with Crippen molar-refractivity contribution in [3.8, 4) is 11.5 Å². The second-order valence-corrected chi connectivity index (χ2v) is 9.64. The van der Waals surface area contributed by atoms with Gasteiger partial charge in [-0.1, -0.05) is 6.42 Å². The minimum Gasteiger partial charge on any atom is -0.457 e. The lowest BCUT2D eigenvalue weighted by Crippen LogP contribution is -2.41. The van der Waals surface area contributed by atoms with Gasteiger partial charge in [0.1, 0.15) is 11.5 Å². The van der Waals surface area contributed by atoms with Crippen LogP contribution in [0.1, 0.15) is 36.5 Å². The average Bonchev–Trinajstić information content (AvgIpc) is 2.81. The van der Waals surface area contributed by atoms with E-state index in [1.807, 2.05) is 6.92 Å². The molecule has 1 unspecified atom stereocenters. The summed E-state index contributed by atoms with van der Waals surface area (Å²) in [5, 5.41) is 2.81. The molecule has 1 aliphatic heterocycles. The lowest BCUT2D eigenvalue weighted by Gasteiger charge is -2.32. The number of pyridine rings is 1. The molecule has 1 fully saturated rings. The van der Waals surface area contributed by atoms with E-state index in [0.29, 0.717) is 29.3 Å². The number of nitrogens with zero attached hydrogens (tertiary/aromatic N) is 2. The van der Waals surface area contributed by atoms with Crippen LogP contribution in [0.4, 0.5) is 5.69 Å². The molecule has 2 heterocycles. The molecular formula is C24H25N3O4S. The minimum absolute atomic E-state index is 0.0118. The van der Waals surface area contributed by atoms with Crippen molar-refractivity contribution < 1.29 is 17.9 Å². The zero-order valence-electron chi connectivity index (χ0n) is 17.8. The third-order valence-electron chi connectivity index (χ3n) is 5.46. The lowest BCUT2D eigenvalue weighted by atomic mass is 10.1. The topological polar surface area (TPSA) is 88.6 Å². The highest BCUT2D eigenvalue weighted by Gasteiger charge is 2.30. The quantitative estimate of drug-likeness (QED) is 0.587. The highest BCUT2D eigenvalue weighted by molar-refractivity contribution is 7.89. The summed E-state index contributed by atoms with van der Waals surface area (Å²) in [6.45, 7) is 2.47. The number of sulfonamides is 1. The Hall–Kier alpha value is -3.23. The summed E-state index contributed by atoms with van der Waals surface area (Å²) in [6.07, 6.45) is 6.08. The third-order valence-corrected chi connectivity index (χ3v) is 7.49. The van der Waals surface area contributed by atoms with Gasteiger partial charge in [0.2, 0.25) is 10.0 Å². The molecule has 7 nitrogen and oxygen atoms in total. The largest absolute Gasteiger partial charge is 0.457 e. The Labute approximate surface area is 188 Å². The highest BCUT2D eigenvalue weighted by Crippen LogP contribution is 2.26. The van der Waals surface area contributed by atoms with Gasteiger partial charge in [-0.3, -0.25) is 9.78 Å². The van der Waals surface area contributed by atoms with Gasteiger partial charge in [0.25, 0.3) is 5.91 Å². The number of piperidine rings is 1. The molecule has 32 heavy (non-hydrogen) atoms. The maximum Gasteiger partial charge on any atom is 0.255 e. The molecule has 0 radical (unpaired) electrons. The molecule has 1 amide bonds. The number of anilines is 1. The molecule has 1 aliphatic rings. The maximum absolute atomic E-state index is 12.9. The van der Waals surface area contributed by atoms with Gasteiger partial charge in [0.05, 0.1) is 4.90 Å². The van der Waals surface area contributed by atoms with Gasteiger partial charge in [-0.15, -0.1) is 0 Å². The van der Waals surface area contributed by atoms with Crippen molar-refractivity contribution in [3.63, 3.8) is 0 Å². The van der Waals surface area contributed by atoms with E-state index in [1.54, 1.807) is 53.1 Å². The molecule has 1 aromatic heterocycles. The fraction of sp³-hybridized carbons (Fsp3) is 0.250. The van der Waals surface area contributed by atoms with E-state index in [2.05, 4.69) is 10.3 Å². The summed E-state index contributed by atoms with van der Waals surface area (Å²) in [7, 11) is -3.56. The number of hydrogen-bond donors (Lipinski definition) is 1. The van der Waals surface area contributed by atoms with E-state index in [-0.39, 0.29) is 16.8 Å². The molecule has 4 rings (SSSR count). The monoisotopic (exact) mass is 451 g/mol. The predicted molar refractivity (Wildman–Crippen MR) is 122 cm³/mol. The first-order chi connectivity index (χ1) is 15.4.